The Kier molecular flexibility index (Phi) is 8.18. The van der Waals surface area contributed by atoms with Gasteiger partial charge in [0.15, 0.2) is 11.6 Å². The molecule has 1 aromatic rings. The summed E-state index contributed by atoms with van der Waals surface area (Å²) in [6.07, 6.45) is 1.42. The van der Waals surface area contributed by atoms with Crippen molar-refractivity contribution in [3.8, 4) is 5.75 Å². The molecule has 114 valence electrons. The molecule has 0 spiro atoms. The van der Waals surface area contributed by atoms with Gasteiger partial charge in [-0.15, -0.1) is 0 Å². The highest BCUT2D eigenvalue weighted by Crippen LogP contribution is 2.23. The summed E-state index contributed by atoms with van der Waals surface area (Å²) in [5.74, 6) is -0.0761. The van der Waals surface area contributed by atoms with E-state index in [0.717, 1.165) is 12.0 Å². The molecule has 0 aliphatic heterocycles. The average Bonchev–Trinajstić information content (AvgIpc) is 2.40. The first kappa shape index (κ1) is 16.9. The van der Waals surface area contributed by atoms with Crippen LogP contribution in [-0.2, 0) is 15.9 Å². The van der Waals surface area contributed by atoms with Gasteiger partial charge >= 0.3 is 0 Å². The topological polar surface area (TPSA) is 53.7 Å². The lowest BCUT2D eigenvalue weighted by molar-refractivity contribution is 0.0794. The van der Waals surface area contributed by atoms with Gasteiger partial charge in [-0.3, -0.25) is 0 Å². The lowest BCUT2D eigenvalue weighted by atomic mass is 10.1. The molecule has 1 aromatic carbocycles. The Balaban J connectivity index is 2.38. The molecule has 0 aliphatic carbocycles. The van der Waals surface area contributed by atoms with E-state index in [1.165, 1.54) is 6.07 Å². The van der Waals surface area contributed by atoms with Gasteiger partial charge in [0.1, 0.15) is 6.61 Å². The minimum atomic E-state index is -0.359. The summed E-state index contributed by atoms with van der Waals surface area (Å²) < 4.78 is 29.5. The van der Waals surface area contributed by atoms with Crippen LogP contribution in [0.2, 0.25) is 0 Å². The Bertz CT molecular complexity index is 385. The Morgan fingerprint density at radius 3 is 2.70 bits per heavy atom. The first-order valence-electron chi connectivity index (χ1n) is 6.87. The highest BCUT2D eigenvalue weighted by Gasteiger charge is 2.11. The van der Waals surface area contributed by atoms with Gasteiger partial charge in [-0.2, -0.15) is 0 Å². The van der Waals surface area contributed by atoms with Crippen molar-refractivity contribution in [3.63, 3.8) is 0 Å². The van der Waals surface area contributed by atoms with Gasteiger partial charge in [0, 0.05) is 26.4 Å². The summed E-state index contributed by atoms with van der Waals surface area (Å²) >= 11 is 0. The summed E-state index contributed by atoms with van der Waals surface area (Å²) in [7, 11) is 1.65. The first-order chi connectivity index (χ1) is 9.65. The van der Waals surface area contributed by atoms with Crippen molar-refractivity contribution >= 4 is 0 Å². The number of hydrogen-bond acceptors (Lipinski definition) is 4. The molecular formula is C15H24FNO3. The summed E-state index contributed by atoms with van der Waals surface area (Å²) in [5.41, 5.74) is 6.54. The fourth-order valence-electron chi connectivity index (χ4n) is 1.83. The highest BCUT2D eigenvalue weighted by molar-refractivity contribution is 5.35. The molecule has 0 aliphatic rings. The minimum Gasteiger partial charge on any atom is -0.488 e. The second-order valence-electron chi connectivity index (χ2n) is 4.72. The third kappa shape index (κ3) is 6.32. The predicted octanol–water partition coefficient (Wildman–Crippen LogP) is 2.15. The SMILES string of the molecule is COCCCOCCOc1c(F)cccc1CC(C)N. The summed E-state index contributed by atoms with van der Waals surface area (Å²) in [6, 6.07) is 4.85. The molecule has 0 radical (unpaired) electrons. The molecule has 20 heavy (non-hydrogen) atoms. The molecule has 5 heteroatoms. The Morgan fingerprint density at radius 2 is 2.00 bits per heavy atom. The van der Waals surface area contributed by atoms with Crippen molar-refractivity contribution in [1.29, 1.82) is 0 Å². The number of para-hydroxylation sites is 1. The maximum absolute atomic E-state index is 13.8. The molecule has 1 atom stereocenters. The van der Waals surface area contributed by atoms with Crippen molar-refractivity contribution in [2.45, 2.75) is 25.8 Å². The van der Waals surface area contributed by atoms with Gasteiger partial charge in [0.2, 0.25) is 0 Å². The van der Waals surface area contributed by atoms with E-state index in [1.807, 2.05) is 13.0 Å². The molecule has 0 fully saturated rings. The predicted molar refractivity (Wildman–Crippen MR) is 76.6 cm³/mol. The van der Waals surface area contributed by atoms with E-state index in [2.05, 4.69) is 0 Å². The molecule has 0 saturated carbocycles. The molecule has 1 unspecified atom stereocenters. The lowest BCUT2D eigenvalue weighted by Gasteiger charge is -2.14. The number of hydrogen-bond donors (Lipinski definition) is 1. The first-order valence-corrected chi connectivity index (χ1v) is 6.87. The fourth-order valence-corrected chi connectivity index (χ4v) is 1.83. The van der Waals surface area contributed by atoms with Crippen LogP contribution in [0.25, 0.3) is 0 Å². The van der Waals surface area contributed by atoms with E-state index in [9.17, 15) is 4.39 Å². The normalized spacial score (nSPS) is 12.4. The number of methoxy groups -OCH3 is 1. The second kappa shape index (κ2) is 9.69. The van der Waals surface area contributed by atoms with E-state index < -0.39 is 0 Å². The van der Waals surface area contributed by atoms with E-state index in [1.54, 1.807) is 13.2 Å². The molecule has 4 nitrogen and oxygen atoms in total. The van der Waals surface area contributed by atoms with Crippen LogP contribution < -0.4 is 10.5 Å². The zero-order valence-corrected chi connectivity index (χ0v) is 12.2. The van der Waals surface area contributed by atoms with Crippen molar-refractivity contribution in [2.75, 3.05) is 33.5 Å². The third-order valence-corrected chi connectivity index (χ3v) is 2.70. The molecular weight excluding hydrogens is 261 g/mol. The Labute approximate surface area is 120 Å². The van der Waals surface area contributed by atoms with Crippen LogP contribution in [-0.4, -0.2) is 39.6 Å². The summed E-state index contributed by atoms with van der Waals surface area (Å²) in [6.45, 7) is 3.91. The fraction of sp³-hybridized carbons (Fsp3) is 0.600. The number of rotatable bonds is 10. The third-order valence-electron chi connectivity index (χ3n) is 2.70. The van der Waals surface area contributed by atoms with Gasteiger partial charge in [-0.25, -0.2) is 4.39 Å². The van der Waals surface area contributed by atoms with Crippen LogP contribution in [0.3, 0.4) is 0 Å². The summed E-state index contributed by atoms with van der Waals surface area (Å²) in [4.78, 5) is 0. The Hall–Kier alpha value is -1.17. The van der Waals surface area contributed by atoms with Crippen LogP contribution in [0.15, 0.2) is 18.2 Å². The maximum Gasteiger partial charge on any atom is 0.165 e. The van der Waals surface area contributed by atoms with Crippen molar-refractivity contribution in [1.82, 2.24) is 0 Å². The molecule has 1 rings (SSSR count). The van der Waals surface area contributed by atoms with E-state index >= 15 is 0 Å². The van der Waals surface area contributed by atoms with Crippen LogP contribution in [0.1, 0.15) is 18.9 Å². The van der Waals surface area contributed by atoms with Crippen LogP contribution >= 0.6 is 0 Å². The van der Waals surface area contributed by atoms with Crippen molar-refractivity contribution in [2.24, 2.45) is 5.73 Å². The van der Waals surface area contributed by atoms with Crippen LogP contribution in [0.4, 0.5) is 4.39 Å². The zero-order valence-electron chi connectivity index (χ0n) is 12.2. The van der Waals surface area contributed by atoms with E-state index in [4.69, 9.17) is 19.9 Å². The molecule has 0 aromatic heterocycles. The highest BCUT2D eigenvalue weighted by atomic mass is 19.1. The van der Waals surface area contributed by atoms with Crippen molar-refractivity contribution in [3.05, 3.63) is 29.6 Å². The van der Waals surface area contributed by atoms with E-state index in [-0.39, 0.29) is 17.6 Å². The van der Waals surface area contributed by atoms with Crippen LogP contribution in [0, 0.1) is 5.82 Å². The quantitative estimate of drug-likeness (QED) is 0.669. The average molecular weight is 285 g/mol. The lowest BCUT2D eigenvalue weighted by Crippen LogP contribution is -2.19. The van der Waals surface area contributed by atoms with Crippen LogP contribution in [0.5, 0.6) is 5.75 Å². The van der Waals surface area contributed by atoms with Gasteiger partial charge in [-0.1, -0.05) is 12.1 Å². The molecule has 0 bridgehead atoms. The van der Waals surface area contributed by atoms with Crippen molar-refractivity contribution < 1.29 is 18.6 Å². The summed E-state index contributed by atoms with van der Waals surface area (Å²) in [5, 5.41) is 0. The smallest absolute Gasteiger partial charge is 0.165 e. The van der Waals surface area contributed by atoms with Gasteiger partial charge < -0.3 is 19.9 Å². The second-order valence-corrected chi connectivity index (χ2v) is 4.72. The number of nitrogens with two attached hydrogens (primary N) is 1. The standard InChI is InChI=1S/C15H24FNO3/c1-12(17)11-13-5-3-6-14(16)15(13)20-10-9-19-8-4-7-18-2/h3,5-6,12H,4,7-11,17H2,1-2H3. The van der Waals surface area contributed by atoms with Gasteiger partial charge in [0.25, 0.3) is 0 Å². The number of ether oxygens (including phenoxy) is 3. The molecule has 0 amide bonds. The van der Waals surface area contributed by atoms with Gasteiger partial charge in [0.05, 0.1) is 6.61 Å². The Morgan fingerprint density at radius 1 is 1.20 bits per heavy atom. The number of benzene rings is 1. The zero-order chi connectivity index (χ0) is 14.8. The van der Waals surface area contributed by atoms with E-state index in [0.29, 0.717) is 32.8 Å². The largest absolute Gasteiger partial charge is 0.488 e. The van der Waals surface area contributed by atoms with Gasteiger partial charge in [-0.05, 0) is 31.4 Å². The number of halogens is 1. The monoisotopic (exact) mass is 285 g/mol. The molecule has 0 heterocycles. The molecule has 0 saturated heterocycles. The minimum absolute atomic E-state index is 0.0376. The maximum atomic E-state index is 13.8. The molecule has 2 N–H and O–H groups in total.